The maximum absolute atomic E-state index is 4.89. The number of aromatic nitrogens is 2. The Hall–Kier alpha value is -2.40. The highest BCUT2D eigenvalue weighted by Gasteiger charge is 2.26. The van der Waals surface area contributed by atoms with Crippen LogP contribution in [-0.2, 0) is 6.42 Å². The van der Waals surface area contributed by atoms with Crippen LogP contribution in [0.25, 0.3) is 0 Å². The summed E-state index contributed by atoms with van der Waals surface area (Å²) in [7, 11) is 1.75. The predicted molar refractivity (Wildman–Crippen MR) is 107 cm³/mol. The largest absolute Gasteiger partial charge is 0.300 e. The van der Waals surface area contributed by atoms with Gasteiger partial charge in [0.05, 0.1) is 17.4 Å². The third-order valence-corrected chi connectivity index (χ3v) is 5.00. The Labute approximate surface area is 155 Å². The predicted octanol–water partition coefficient (Wildman–Crippen LogP) is 4.00. The summed E-state index contributed by atoms with van der Waals surface area (Å²) in [5.74, 6) is 0.777. The van der Waals surface area contributed by atoms with E-state index in [4.69, 9.17) is 4.98 Å². The average molecular weight is 349 g/mol. The van der Waals surface area contributed by atoms with Crippen LogP contribution in [0.2, 0.25) is 0 Å². The number of piperidine rings is 1. The second kappa shape index (κ2) is 8.81. The lowest BCUT2D eigenvalue weighted by Crippen LogP contribution is -2.32. The van der Waals surface area contributed by atoms with E-state index in [1.165, 1.54) is 12.0 Å². The highest BCUT2D eigenvalue weighted by atomic mass is 15.0. The van der Waals surface area contributed by atoms with E-state index in [0.717, 1.165) is 48.6 Å². The monoisotopic (exact) mass is 349 g/mol. The average Bonchev–Trinajstić information content (AvgIpc) is 2.69. The molecule has 5 heteroatoms. The van der Waals surface area contributed by atoms with Gasteiger partial charge in [-0.15, -0.1) is 0 Å². The molecule has 136 valence electrons. The van der Waals surface area contributed by atoms with Gasteiger partial charge in [-0.25, -0.2) is 4.99 Å². The summed E-state index contributed by atoms with van der Waals surface area (Å²) < 4.78 is 0. The molecule has 0 saturated carbocycles. The van der Waals surface area contributed by atoms with Crippen LogP contribution >= 0.6 is 0 Å². The molecule has 0 bridgehead atoms. The third-order valence-electron chi connectivity index (χ3n) is 5.00. The molecule has 0 radical (unpaired) electrons. The van der Waals surface area contributed by atoms with Crippen molar-refractivity contribution in [2.24, 2.45) is 9.98 Å². The molecule has 2 aromatic rings. The lowest BCUT2D eigenvalue weighted by atomic mass is 9.92. The van der Waals surface area contributed by atoms with Crippen LogP contribution in [-0.4, -0.2) is 29.6 Å². The molecule has 0 spiro atoms. The molecule has 1 aliphatic heterocycles. The van der Waals surface area contributed by atoms with Gasteiger partial charge < -0.3 is 5.32 Å². The van der Waals surface area contributed by atoms with Gasteiger partial charge in [0, 0.05) is 31.4 Å². The Kier molecular flexibility index (Phi) is 6.23. The standard InChI is InChI=1S/C21H27N5/c1-15-7-6-14-24-21(15)19-11-5-10-18(26-19)17-9-4-8-16(25-17)12-13-20(22-2)23-3/h4,6-9,14,18-19,26H,2,5,10-13H2,1,3H3. The van der Waals surface area contributed by atoms with Crippen LogP contribution < -0.4 is 5.32 Å². The van der Waals surface area contributed by atoms with Gasteiger partial charge in [0.1, 0.15) is 5.84 Å². The van der Waals surface area contributed by atoms with Gasteiger partial charge in [-0.1, -0.05) is 12.1 Å². The number of hydrogen-bond acceptors (Lipinski definition) is 4. The number of amidine groups is 1. The van der Waals surface area contributed by atoms with Gasteiger partial charge in [-0.3, -0.25) is 15.0 Å². The molecule has 1 saturated heterocycles. The number of nitrogens with zero attached hydrogens (tertiary/aromatic N) is 4. The van der Waals surface area contributed by atoms with Gasteiger partial charge in [0.2, 0.25) is 0 Å². The fourth-order valence-corrected chi connectivity index (χ4v) is 3.58. The number of nitrogens with one attached hydrogen (secondary N) is 1. The van der Waals surface area contributed by atoms with Gasteiger partial charge in [0.15, 0.2) is 0 Å². The molecule has 2 aromatic heterocycles. The highest BCUT2D eigenvalue weighted by molar-refractivity contribution is 5.86. The molecule has 26 heavy (non-hydrogen) atoms. The summed E-state index contributed by atoms with van der Waals surface area (Å²) in [6.07, 6.45) is 6.88. The first kappa shape index (κ1) is 18.4. The number of rotatable bonds is 5. The number of hydrogen-bond donors (Lipinski definition) is 1. The highest BCUT2D eigenvalue weighted by Crippen LogP contribution is 2.32. The minimum atomic E-state index is 0.270. The topological polar surface area (TPSA) is 62.5 Å². The fourth-order valence-electron chi connectivity index (χ4n) is 3.58. The number of aliphatic imine (C=N–C) groups is 2. The maximum atomic E-state index is 4.89. The zero-order valence-corrected chi connectivity index (χ0v) is 15.7. The Morgan fingerprint density at radius 1 is 1.23 bits per heavy atom. The Morgan fingerprint density at radius 3 is 2.85 bits per heavy atom. The van der Waals surface area contributed by atoms with Crippen molar-refractivity contribution in [1.29, 1.82) is 0 Å². The van der Waals surface area contributed by atoms with Crippen molar-refractivity contribution < 1.29 is 0 Å². The molecular weight excluding hydrogens is 322 g/mol. The fraction of sp³-hybridized carbons (Fsp3) is 0.429. The Balaban J connectivity index is 1.71. The molecule has 0 amide bonds. The van der Waals surface area contributed by atoms with E-state index in [1.54, 1.807) is 7.05 Å². The minimum absolute atomic E-state index is 0.270. The summed E-state index contributed by atoms with van der Waals surface area (Å²) in [4.78, 5) is 17.6. The first-order valence-electron chi connectivity index (χ1n) is 9.27. The van der Waals surface area contributed by atoms with Crippen molar-refractivity contribution in [1.82, 2.24) is 15.3 Å². The molecule has 3 heterocycles. The van der Waals surface area contributed by atoms with Crippen LogP contribution in [0.5, 0.6) is 0 Å². The zero-order valence-electron chi connectivity index (χ0n) is 15.7. The first-order chi connectivity index (χ1) is 12.7. The molecule has 1 fully saturated rings. The molecular formula is C21H27N5. The SMILES string of the molecule is C=NC(CCc1cccc(C2CCCC(c3ncccc3C)N2)n1)=NC. The van der Waals surface area contributed by atoms with Crippen molar-refractivity contribution in [3.8, 4) is 0 Å². The summed E-state index contributed by atoms with van der Waals surface area (Å²) in [6, 6.07) is 11.0. The number of pyridine rings is 2. The lowest BCUT2D eigenvalue weighted by molar-refractivity contribution is 0.320. The van der Waals surface area contributed by atoms with Crippen LogP contribution in [0, 0.1) is 6.92 Å². The van der Waals surface area contributed by atoms with Crippen LogP contribution in [0.1, 0.15) is 60.4 Å². The van der Waals surface area contributed by atoms with Crippen molar-refractivity contribution in [3.63, 3.8) is 0 Å². The Bertz CT molecular complexity index is 783. The van der Waals surface area contributed by atoms with Crippen LogP contribution in [0.4, 0.5) is 0 Å². The quantitative estimate of drug-likeness (QED) is 0.655. The van der Waals surface area contributed by atoms with E-state index >= 15 is 0 Å². The first-order valence-corrected chi connectivity index (χ1v) is 9.27. The maximum Gasteiger partial charge on any atom is 0.122 e. The van der Waals surface area contributed by atoms with Crippen LogP contribution in [0.15, 0.2) is 46.5 Å². The molecule has 3 rings (SSSR count). The molecule has 2 unspecified atom stereocenters. The van der Waals surface area contributed by atoms with Gasteiger partial charge in [-0.05, 0) is 63.1 Å². The summed E-state index contributed by atoms with van der Waals surface area (Å²) in [5.41, 5.74) is 4.59. The third kappa shape index (κ3) is 4.41. The summed E-state index contributed by atoms with van der Waals surface area (Å²) >= 11 is 0. The molecule has 2 atom stereocenters. The van der Waals surface area contributed by atoms with Crippen molar-refractivity contribution in [2.75, 3.05) is 7.05 Å². The summed E-state index contributed by atoms with van der Waals surface area (Å²) in [5, 5.41) is 3.76. The van der Waals surface area contributed by atoms with E-state index in [0.29, 0.717) is 6.04 Å². The van der Waals surface area contributed by atoms with Gasteiger partial charge in [0.25, 0.3) is 0 Å². The van der Waals surface area contributed by atoms with Crippen molar-refractivity contribution in [2.45, 2.75) is 51.1 Å². The molecule has 5 nitrogen and oxygen atoms in total. The minimum Gasteiger partial charge on any atom is -0.300 e. The lowest BCUT2D eigenvalue weighted by Gasteiger charge is -2.31. The Morgan fingerprint density at radius 2 is 2.08 bits per heavy atom. The second-order valence-electron chi connectivity index (χ2n) is 6.76. The smallest absolute Gasteiger partial charge is 0.122 e. The summed E-state index contributed by atoms with van der Waals surface area (Å²) in [6.45, 7) is 5.69. The second-order valence-corrected chi connectivity index (χ2v) is 6.76. The number of aryl methyl sites for hydroxylation is 2. The molecule has 0 aromatic carbocycles. The van der Waals surface area contributed by atoms with Gasteiger partial charge in [-0.2, -0.15) is 0 Å². The van der Waals surface area contributed by atoms with E-state index in [9.17, 15) is 0 Å². The van der Waals surface area contributed by atoms with E-state index in [2.05, 4.69) is 58.2 Å². The zero-order chi connectivity index (χ0) is 18.4. The van der Waals surface area contributed by atoms with Crippen molar-refractivity contribution in [3.05, 3.63) is 59.2 Å². The molecule has 1 N–H and O–H groups in total. The van der Waals surface area contributed by atoms with Crippen LogP contribution in [0.3, 0.4) is 0 Å². The van der Waals surface area contributed by atoms with E-state index in [-0.39, 0.29) is 6.04 Å². The van der Waals surface area contributed by atoms with E-state index < -0.39 is 0 Å². The normalized spacial score (nSPS) is 20.8. The molecule has 1 aliphatic rings. The van der Waals surface area contributed by atoms with Gasteiger partial charge >= 0.3 is 0 Å². The molecule has 0 aliphatic carbocycles. The van der Waals surface area contributed by atoms with E-state index in [1.807, 2.05) is 12.3 Å². The van der Waals surface area contributed by atoms with Crippen molar-refractivity contribution >= 4 is 12.6 Å².